The molecule has 1 saturated carbocycles. The first-order chi connectivity index (χ1) is 9.72. The topological polar surface area (TPSA) is 32.3 Å². The third kappa shape index (κ3) is 3.23. The van der Waals surface area contributed by atoms with E-state index >= 15 is 0 Å². The molecular formula is C15H23ClN4. The Hall–Kier alpha value is -0.870. The van der Waals surface area contributed by atoms with Crippen LogP contribution in [-0.2, 0) is 0 Å². The number of rotatable bonds is 2. The van der Waals surface area contributed by atoms with Gasteiger partial charge in [0.2, 0.25) is 0 Å². The third-order valence-corrected chi connectivity index (χ3v) is 4.91. The summed E-state index contributed by atoms with van der Waals surface area (Å²) in [6.45, 7) is 6.70. The van der Waals surface area contributed by atoms with Crippen molar-refractivity contribution in [2.45, 2.75) is 38.6 Å². The first kappa shape index (κ1) is 14.1. The van der Waals surface area contributed by atoms with E-state index in [0.29, 0.717) is 5.15 Å². The Labute approximate surface area is 126 Å². The van der Waals surface area contributed by atoms with Crippen molar-refractivity contribution in [3.8, 4) is 0 Å². The van der Waals surface area contributed by atoms with Crippen LogP contribution in [0.2, 0.25) is 5.15 Å². The molecule has 0 spiro atoms. The lowest BCUT2D eigenvalue weighted by Crippen LogP contribution is -2.51. The molecule has 1 aromatic rings. The summed E-state index contributed by atoms with van der Waals surface area (Å²) in [6.07, 6.45) is 8.93. The number of piperazine rings is 1. The molecule has 1 saturated heterocycles. The molecule has 0 aromatic carbocycles. The Bertz CT molecular complexity index is 437. The van der Waals surface area contributed by atoms with E-state index in [2.05, 4.69) is 26.7 Å². The predicted octanol–water partition coefficient (Wildman–Crippen LogP) is 2.83. The Kier molecular flexibility index (Phi) is 4.41. The zero-order chi connectivity index (χ0) is 13.9. The molecule has 2 heterocycles. The highest BCUT2D eigenvalue weighted by atomic mass is 35.5. The lowest BCUT2D eigenvalue weighted by atomic mass is 9.86. The van der Waals surface area contributed by atoms with Crippen molar-refractivity contribution in [3.05, 3.63) is 17.5 Å². The van der Waals surface area contributed by atoms with Crippen LogP contribution in [0, 0.1) is 5.92 Å². The van der Waals surface area contributed by atoms with Crippen LogP contribution < -0.4 is 4.90 Å². The monoisotopic (exact) mass is 294 g/mol. The number of aromatic nitrogens is 2. The van der Waals surface area contributed by atoms with Gasteiger partial charge in [0.15, 0.2) is 0 Å². The maximum atomic E-state index is 5.92. The molecule has 0 atom stereocenters. The van der Waals surface area contributed by atoms with Gasteiger partial charge in [0, 0.05) is 32.2 Å². The first-order valence-electron chi connectivity index (χ1n) is 7.69. The molecule has 0 radical (unpaired) electrons. The van der Waals surface area contributed by atoms with Crippen molar-refractivity contribution in [1.29, 1.82) is 0 Å². The minimum absolute atomic E-state index is 0.478. The van der Waals surface area contributed by atoms with Crippen LogP contribution in [0.5, 0.6) is 0 Å². The normalized spacial score (nSPS) is 28.6. The zero-order valence-corrected chi connectivity index (χ0v) is 12.9. The predicted molar refractivity (Wildman–Crippen MR) is 82.2 cm³/mol. The van der Waals surface area contributed by atoms with E-state index in [1.54, 1.807) is 6.20 Å². The summed E-state index contributed by atoms with van der Waals surface area (Å²) in [5.41, 5.74) is 0. The summed E-state index contributed by atoms with van der Waals surface area (Å²) in [5, 5.41) is 0.478. The molecule has 1 aliphatic heterocycles. The van der Waals surface area contributed by atoms with Crippen molar-refractivity contribution in [1.82, 2.24) is 14.9 Å². The molecule has 4 nitrogen and oxygen atoms in total. The summed E-state index contributed by atoms with van der Waals surface area (Å²) >= 11 is 5.92. The molecule has 1 aromatic heterocycles. The molecule has 0 amide bonds. The van der Waals surface area contributed by atoms with E-state index in [1.165, 1.54) is 25.7 Å². The van der Waals surface area contributed by atoms with Gasteiger partial charge in [-0.25, -0.2) is 4.98 Å². The molecule has 5 heteroatoms. The average Bonchev–Trinajstić information content (AvgIpc) is 2.48. The number of anilines is 1. The number of halogens is 1. The fourth-order valence-corrected chi connectivity index (χ4v) is 3.55. The van der Waals surface area contributed by atoms with Crippen LogP contribution in [-0.4, -0.2) is 47.1 Å². The summed E-state index contributed by atoms with van der Waals surface area (Å²) in [5.74, 6) is 1.84. The van der Waals surface area contributed by atoms with Crippen LogP contribution in [0.15, 0.2) is 12.4 Å². The minimum Gasteiger partial charge on any atom is -0.353 e. The second-order valence-electron chi connectivity index (χ2n) is 6.14. The SMILES string of the molecule is CC1CCC(N2CCN(c3cncc(Cl)n3)CC2)CC1. The van der Waals surface area contributed by atoms with Crippen LogP contribution in [0.1, 0.15) is 32.6 Å². The van der Waals surface area contributed by atoms with E-state index < -0.39 is 0 Å². The molecule has 0 N–H and O–H groups in total. The largest absolute Gasteiger partial charge is 0.353 e. The lowest BCUT2D eigenvalue weighted by Gasteiger charge is -2.41. The van der Waals surface area contributed by atoms with Crippen LogP contribution in [0.3, 0.4) is 0 Å². The molecule has 1 aliphatic carbocycles. The Morgan fingerprint density at radius 3 is 2.40 bits per heavy atom. The third-order valence-electron chi connectivity index (χ3n) is 4.73. The molecule has 110 valence electrons. The van der Waals surface area contributed by atoms with Gasteiger partial charge in [0.1, 0.15) is 11.0 Å². The van der Waals surface area contributed by atoms with Gasteiger partial charge >= 0.3 is 0 Å². The van der Waals surface area contributed by atoms with Crippen molar-refractivity contribution >= 4 is 17.4 Å². The van der Waals surface area contributed by atoms with E-state index in [9.17, 15) is 0 Å². The molecule has 0 bridgehead atoms. The van der Waals surface area contributed by atoms with Gasteiger partial charge in [-0.05, 0) is 31.6 Å². The summed E-state index contributed by atoms with van der Waals surface area (Å²) in [7, 11) is 0. The van der Waals surface area contributed by atoms with Gasteiger partial charge in [-0.3, -0.25) is 9.88 Å². The standard InChI is InChI=1S/C15H23ClN4/c1-12-2-4-13(5-3-12)19-6-8-20(9-7-19)15-11-17-10-14(16)18-15/h10-13H,2-9H2,1H3. The molecule has 3 rings (SSSR count). The lowest BCUT2D eigenvalue weighted by molar-refractivity contribution is 0.132. The van der Waals surface area contributed by atoms with E-state index in [0.717, 1.165) is 44.0 Å². The quantitative estimate of drug-likeness (QED) is 0.839. The molecular weight excluding hydrogens is 272 g/mol. The molecule has 2 fully saturated rings. The smallest absolute Gasteiger partial charge is 0.149 e. The zero-order valence-electron chi connectivity index (χ0n) is 12.1. The minimum atomic E-state index is 0.478. The highest BCUT2D eigenvalue weighted by Crippen LogP contribution is 2.28. The van der Waals surface area contributed by atoms with E-state index in [4.69, 9.17) is 11.6 Å². The molecule has 2 aliphatic rings. The number of nitrogens with zero attached hydrogens (tertiary/aromatic N) is 4. The number of hydrogen-bond acceptors (Lipinski definition) is 4. The van der Waals surface area contributed by atoms with Crippen LogP contribution >= 0.6 is 11.6 Å². The van der Waals surface area contributed by atoms with Gasteiger partial charge in [0.25, 0.3) is 0 Å². The fourth-order valence-electron chi connectivity index (χ4n) is 3.41. The van der Waals surface area contributed by atoms with E-state index in [1.807, 2.05) is 6.20 Å². The van der Waals surface area contributed by atoms with Gasteiger partial charge in [-0.1, -0.05) is 18.5 Å². The van der Waals surface area contributed by atoms with Gasteiger partial charge < -0.3 is 4.90 Å². The molecule has 0 unspecified atom stereocenters. The number of hydrogen-bond donors (Lipinski definition) is 0. The Balaban J connectivity index is 1.54. The fraction of sp³-hybridized carbons (Fsp3) is 0.733. The summed E-state index contributed by atoms with van der Waals surface area (Å²) in [4.78, 5) is 13.4. The van der Waals surface area contributed by atoms with Crippen molar-refractivity contribution < 1.29 is 0 Å². The van der Waals surface area contributed by atoms with Crippen molar-refractivity contribution in [2.75, 3.05) is 31.1 Å². The Morgan fingerprint density at radius 2 is 1.75 bits per heavy atom. The van der Waals surface area contributed by atoms with Crippen molar-refractivity contribution in [2.24, 2.45) is 5.92 Å². The molecule has 20 heavy (non-hydrogen) atoms. The highest BCUT2D eigenvalue weighted by Gasteiger charge is 2.27. The second-order valence-corrected chi connectivity index (χ2v) is 6.52. The summed E-state index contributed by atoms with van der Waals surface area (Å²) in [6, 6.07) is 0.804. The van der Waals surface area contributed by atoms with Gasteiger partial charge in [0.05, 0.1) is 12.4 Å². The highest BCUT2D eigenvalue weighted by molar-refractivity contribution is 6.29. The van der Waals surface area contributed by atoms with Crippen LogP contribution in [0.25, 0.3) is 0 Å². The average molecular weight is 295 g/mol. The maximum Gasteiger partial charge on any atom is 0.149 e. The van der Waals surface area contributed by atoms with E-state index in [-0.39, 0.29) is 0 Å². The Morgan fingerprint density at radius 1 is 1.05 bits per heavy atom. The van der Waals surface area contributed by atoms with Crippen LogP contribution in [0.4, 0.5) is 5.82 Å². The maximum absolute atomic E-state index is 5.92. The van der Waals surface area contributed by atoms with Gasteiger partial charge in [-0.15, -0.1) is 0 Å². The van der Waals surface area contributed by atoms with Gasteiger partial charge in [-0.2, -0.15) is 0 Å². The second kappa shape index (κ2) is 6.27. The first-order valence-corrected chi connectivity index (χ1v) is 8.06. The van der Waals surface area contributed by atoms with Crippen molar-refractivity contribution in [3.63, 3.8) is 0 Å². The summed E-state index contributed by atoms with van der Waals surface area (Å²) < 4.78 is 0.